The summed E-state index contributed by atoms with van der Waals surface area (Å²) in [6.07, 6.45) is 9.57. The molecule has 0 aromatic carbocycles. The summed E-state index contributed by atoms with van der Waals surface area (Å²) in [5, 5.41) is 4.33. The smallest absolute Gasteiger partial charge is 0.239 e. The van der Waals surface area contributed by atoms with Crippen LogP contribution in [-0.2, 0) is 4.79 Å². The highest BCUT2D eigenvalue weighted by molar-refractivity contribution is 7.99. The van der Waals surface area contributed by atoms with Gasteiger partial charge in [0.25, 0.3) is 0 Å². The first-order valence-corrected chi connectivity index (χ1v) is 8.57. The fourth-order valence-electron chi connectivity index (χ4n) is 3.12. The van der Waals surface area contributed by atoms with E-state index in [1.807, 2.05) is 23.6 Å². The van der Waals surface area contributed by atoms with Gasteiger partial charge in [0.05, 0.1) is 6.04 Å². The number of hydrogen-bond acceptors (Lipinski definition) is 3. The number of nitrogens with one attached hydrogen (secondary N) is 1. The summed E-state index contributed by atoms with van der Waals surface area (Å²) in [6.45, 7) is 3.95. The van der Waals surface area contributed by atoms with Gasteiger partial charge in [-0.2, -0.15) is 11.8 Å². The highest BCUT2D eigenvalue weighted by atomic mass is 32.2. The summed E-state index contributed by atoms with van der Waals surface area (Å²) in [6, 6.07) is 0.542. The minimum absolute atomic E-state index is 0.00583. The molecule has 1 heterocycles. The number of carbonyl (C=O) groups is 1. The fraction of sp³-hybridized carbons (Fsp3) is 0.929. The second kappa shape index (κ2) is 6.80. The molecule has 0 aromatic heterocycles. The van der Waals surface area contributed by atoms with E-state index in [0.29, 0.717) is 11.9 Å². The molecule has 1 aliphatic heterocycles. The Morgan fingerprint density at radius 3 is 2.61 bits per heavy atom. The number of amides is 1. The minimum atomic E-state index is -0.00583. The molecule has 2 aliphatic rings. The molecule has 1 saturated carbocycles. The fourth-order valence-corrected chi connectivity index (χ4v) is 3.92. The number of thioether (sulfide) groups is 1. The van der Waals surface area contributed by atoms with Crippen molar-refractivity contribution in [3.05, 3.63) is 0 Å². The van der Waals surface area contributed by atoms with E-state index in [1.165, 1.54) is 38.5 Å². The van der Waals surface area contributed by atoms with Gasteiger partial charge in [-0.3, -0.25) is 4.79 Å². The first-order valence-electron chi connectivity index (χ1n) is 7.28. The van der Waals surface area contributed by atoms with Gasteiger partial charge >= 0.3 is 0 Å². The lowest BCUT2D eigenvalue weighted by molar-refractivity contribution is -0.134. The first kappa shape index (κ1) is 14.2. The largest absolute Gasteiger partial charge is 0.341 e. The van der Waals surface area contributed by atoms with Crippen LogP contribution in [0.4, 0.5) is 0 Å². The number of likely N-dealkylation sites (tertiary alicyclic amines) is 1. The van der Waals surface area contributed by atoms with E-state index < -0.39 is 0 Å². The molecule has 3 atom stereocenters. The van der Waals surface area contributed by atoms with Gasteiger partial charge in [0.2, 0.25) is 5.91 Å². The second-order valence-corrected chi connectivity index (χ2v) is 6.78. The number of nitrogens with zero attached hydrogens (tertiary/aromatic N) is 1. The van der Waals surface area contributed by atoms with Crippen LogP contribution in [0.15, 0.2) is 0 Å². The molecule has 18 heavy (non-hydrogen) atoms. The van der Waals surface area contributed by atoms with Crippen LogP contribution in [0.1, 0.15) is 45.4 Å². The molecule has 3 nitrogen and oxygen atoms in total. The maximum Gasteiger partial charge on any atom is 0.239 e. The Morgan fingerprint density at radius 1 is 1.28 bits per heavy atom. The molecule has 1 N–H and O–H groups in total. The molecule has 0 spiro atoms. The third kappa shape index (κ3) is 3.64. The molecule has 1 amide bonds. The third-order valence-corrected chi connectivity index (χ3v) is 5.34. The van der Waals surface area contributed by atoms with E-state index in [1.54, 1.807) is 0 Å². The summed E-state index contributed by atoms with van der Waals surface area (Å²) in [4.78, 5) is 14.3. The lowest BCUT2D eigenvalue weighted by atomic mass is 10.1. The summed E-state index contributed by atoms with van der Waals surface area (Å²) < 4.78 is 0. The molecule has 1 saturated heterocycles. The Balaban J connectivity index is 1.76. The Bertz CT molecular complexity index is 279. The predicted molar refractivity (Wildman–Crippen MR) is 78.0 cm³/mol. The standard InChI is InChI=1S/C14H26N2OS/c1-11(14(17)16-8-4-3-5-9-16)15-12-6-7-13(10-12)18-2/h11-13,15H,3-10H2,1-2H3. The summed E-state index contributed by atoms with van der Waals surface area (Å²) in [5.41, 5.74) is 0. The van der Waals surface area contributed by atoms with Crippen molar-refractivity contribution in [3.63, 3.8) is 0 Å². The van der Waals surface area contributed by atoms with Crippen LogP contribution in [0, 0.1) is 0 Å². The van der Waals surface area contributed by atoms with Crippen LogP contribution in [0.3, 0.4) is 0 Å². The average Bonchev–Trinajstić information content (AvgIpc) is 2.86. The number of rotatable bonds is 4. The molecule has 2 rings (SSSR count). The van der Waals surface area contributed by atoms with Crippen molar-refractivity contribution >= 4 is 17.7 Å². The van der Waals surface area contributed by atoms with Crippen LogP contribution >= 0.6 is 11.8 Å². The van der Waals surface area contributed by atoms with Gasteiger partial charge in [-0.15, -0.1) is 0 Å². The van der Waals surface area contributed by atoms with E-state index in [0.717, 1.165) is 18.3 Å². The lowest BCUT2D eigenvalue weighted by Gasteiger charge is -2.30. The Kier molecular flexibility index (Phi) is 5.37. The Hall–Kier alpha value is -0.220. The molecule has 1 aliphatic carbocycles. The van der Waals surface area contributed by atoms with Crippen molar-refractivity contribution in [2.24, 2.45) is 0 Å². The zero-order valence-corrected chi connectivity index (χ0v) is 12.5. The number of piperidine rings is 1. The van der Waals surface area contributed by atoms with Gasteiger partial charge in [-0.05, 0) is 51.7 Å². The Morgan fingerprint density at radius 2 is 2.00 bits per heavy atom. The van der Waals surface area contributed by atoms with Crippen molar-refractivity contribution in [1.29, 1.82) is 0 Å². The van der Waals surface area contributed by atoms with Crippen LogP contribution in [0.25, 0.3) is 0 Å². The first-order chi connectivity index (χ1) is 8.70. The van der Waals surface area contributed by atoms with E-state index in [2.05, 4.69) is 11.6 Å². The van der Waals surface area contributed by atoms with Crippen molar-refractivity contribution in [2.75, 3.05) is 19.3 Å². The van der Waals surface area contributed by atoms with Crippen LogP contribution in [0.5, 0.6) is 0 Å². The van der Waals surface area contributed by atoms with Gasteiger partial charge in [-0.1, -0.05) is 0 Å². The maximum atomic E-state index is 12.3. The van der Waals surface area contributed by atoms with Crippen LogP contribution in [0.2, 0.25) is 0 Å². The zero-order chi connectivity index (χ0) is 13.0. The molecule has 0 bridgehead atoms. The van der Waals surface area contributed by atoms with E-state index in [-0.39, 0.29) is 6.04 Å². The van der Waals surface area contributed by atoms with Gasteiger partial charge < -0.3 is 10.2 Å². The second-order valence-electron chi connectivity index (χ2n) is 5.64. The normalized spacial score (nSPS) is 30.4. The van der Waals surface area contributed by atoms with E-state index in [4.69, 9.17) is 0 Å². The molecular weight excluding hydrogens is 244 g/mol. The number of carbonyl (C=O) groups excluding carboxylic acids is 1. The van der Waals surface area contributed by atoms with E-state index >= 15 is 0 Å². The quantitative estimate of drug-likeness (QED) is 0.850. The summed E-state index contributed by atoms with van der Waals surface area (Å²) >= 11 is 1.96. The highest BCUT2D eigenvalue weighted by Gasteiger charge is 2.28. The molecule has 4 heteroatoms. The maximum absolute atomic E-state index is 12.3. The minimum Gasteiger partial charge on any atom is -0.341 e. The van der Waals surface area contributed by atoms with Crippen molar-refractivity contribution in [1.82, 2.24) is 10.2 Å². The number of hydrogen-bond donors (Lipinski definition) is 1. The topological polar surface area (TPSA) is 32.3 Å². The van der Waals surface area contributed by atoms with Gasteiger partial charge in [0.15, 0.2) is 0 Å². The third-order valence-electron chi connectivity index (χ3n) is 4.24. The molecule has 0 radical (unpaired) electrons. The SMILES string of the molecule is CSC1CCC(NC(C)C(=O)N2CCCCC2)C1. The van der Waals surface area contributed by atoms with Crippen molar-refractivity contribution in [2.45, 2.75) is 62.8 Å². The molecule has 3 unspecified atom stereocenters. The van der Waals surface area contributed by atoms with Crippen LogP contribution < -0.4 is 5.32 Å². The van der Waals surface area contributed by atoms with Gasteiger partial charge in [0, 0.05) is 24.4 Å². The lowest BCUT2D eigenvalue weighted by Crippen LogP contribution is -2.49. The van der Waals surface area contributed by atoms with E-state index in [9.17, 15) is 4.79 Å². The van der Waals surface area contributed by atoms with Crippen molar-refractivity contribution < 1.29 is 4.79 Å². The predicted octanol–water partition coefficient (Wildman–Crippen LogP) is 2.26. The highest BCUT2D eigenvalue weighted by Crippen LogP contribution is 2.28. The van der Waals surface area contributed by atoms with Crippen molar-refractivity contribution in [3.8, 4) is 0 Å². The van der Waals surface area contributed by atoms with Gasteiger partial charge in [0.1, 0.15) is 0 Å². The summed E-state index contributed by atoms with van der Waals surface area (Å²) in [5.74, 6) is 0.308. The molecular formula is C14H26N2OS. The zero-order valence-electron chi connectivity index (χ0n) is 11.7. The average molecular weight is 270 g/mol. The Labute approximate surface area is 115 Å². The molecule has 2 fully saturated rings. The van der Waals surface area contributed by atoms with Gasteiger partial charge in [-0.25, -0.2) is 0 Å². The van der Waals surface area contributed by atoms with Crippen LogP contribution in [-0.4, -0.2) is 47.5 Å². The monoisotopic (exact) mass is 270 g/mol. The summed E-state index contributed by atoms with van der Waals surface area (Å²) in [7, 11) is 0. The molecule has 0 aromatic rings. The molecule has 104 valence electrons.